The molecule has 88 valence electrons. The Balaban J connectivity index is 2.16. The summed E-state index contributed by atoms with van der Waals surface area (Å²) in [6.07, 6.45) is 0. The number of anilines is 2. The van der Waals surface area contributed by atoms with Crippen LogP contribution in [0.3, 0.4) is 0 Å². The molecular weight excluding hydrogens is 232 g/mol. The molecular formula is C14H15ClN2. The molecule has 2 aromatic rings. The first-order valence-electron chi connectivity index (χ1n) is 5.53. The van der Waals surface area contributed by atoms with Gasteiger partial charge in [0.05, 0.1) is 11.4 Å². The molecule has 0 bridgehead atoms. The Morgan fingerprint density at radius 2 is 1.82 bits per heavy atom. The van der Waals surface area contributed by atoms with Crippen LogP contribution < -0.4 is 11.1 Å². The van der Waals surface area contributed by atoms with Gasteiger partial charge in [0.15, 0.2) is 0 Å². The number of nitrogens with one attached hydrogen (secondary N) is 1. The third-order valence-electron chi connectivity index (χ3n) is 2.69. The summed E-state index contributed by atoms with van der Waals surface area (Å²) in [5.41, 5.74) is 8.70. The second-order valence-corrected chi connectivity index (χ2v) is 4.44. The zero-order valence-corrected chi connectivity index (χ0v) is 10.4. The maximum atomic E-state index is 5.90. The molecule has 0 radical (unpaired) electrons. The highest BCUT2D eigenvalue weighted by Crippen LogP contribution is 2.26. The summed E-state index contributed by atoms with van der Waals surface area (Å²) in [6, 6.07) is 15.9. The van der Waals surface area contributed by atoms with Crippen LogP contribution in [0.1, 0.15) is 18.5 Å². The standard InChI is InChI=1S/C14H15ClN2/c1-10(11-5-3-2-4-6-11)17-14-8-7-12(15)9-13(14)16/h2-10,17H,16H2,1H3/t10-/m0/s1. The molecule has 2 nitrogen and oxygen atoms in total. The normalized spacial score (nSPS) is 12.1. The lowest BCUT2D eigenvalue weighted by Gasteiger charge is -2.17. The van der Waals surface area contributed by atoms with Gasteiger partial charge in [0.2, 0.25) is 0 Å². The molecule has 0 saturated carbocycles. The molecule has 0 fully saturated rings. The summed E-state index contributed by atoms with van der Waals surface area (Å²) in [5.74, 6) is 0. The van der Waals surface area contributed by atoms with Crippen molar-refractivity contribution in [1.82, 2.24) is 0 Å². The summed E-state index contributed by atoms with van der Waals surface area (Å²) in [4.78, 5) is 0. The lowest BCUT2D eigenvalue weighted by molar-refractivity contribution is 0.885. The molecule has 0 aliphatic carbocycles. The van der Waals surface area contributed by atoms with Gasteiger partial charge in [0.25, 0.3) is 0 Å². The van der Waals surface area contributed by atoms with E-state index < -0.39 is 0 Å². The van der Waals surface area contributed by atoms with E-state index in [9.17, 15) is 0 Å². The average Bonchev–Trinajstić information content (AvgIpc) is 2.34. The van der Waals surface area contributed by atoms with Crippen LogP contribution in [0.2, 0.25) is 5.02 Å². The van der Waals surface area contributed by atoms with E-state index in [4.69, 9.17) is 17.3 Å². The van der Waals surface area contributed by atoms with Crippen LogP contribution in [-0.4, -0.2) is 0 Å². The van der Waals surface area contributed by atoms with E-state index in [-0.39, 0.29) is 6.04 Å². The first-order chi connectivity index (χ1) is 8.16. The Hall–Kier alpha value is -1.67. The van der Waals surface area contributed by atoms with E-state index >= 15 is 0 Å². The summed E-state index contributed by atoms with van der Waals surface area (Å²) in [5, 5.41) is 4.02. The van der Waals surface area contributed by atoms with Crippen LogP contribution in [0.15, 0.2) is 48.5 Å². The lowest BCUT2D eigenvalue weighted by Crippen LogP contribution is -2.08. The van der Waals surface area contributed by atoms with Crippen LogP contribution in [0.25, 0.3) is 0 Å². The number of nitrogen functional groups attached to an aromatic ring is 1. The van der Waals surface area contributed by atoms with E-state index in [1.165, 1.54) is 5.56 Å². The van der Waals surface area contributed by atoms with Gasteiger partial charge < -0.3 is 11.1 Å². The number of hydrogen-bond acceptors (Lipinski definition) is 2. The number of nitrogens with two attached hydrogens (primary N) is 1. The van der Waals surface area contributed by atoms with Gasteiger partial charge in [-0.1, -0.05) is 41.9 Å². The van der Waals surface area contributed by atoms with Crippen LogP contribution in [0, 0.1) is 0 Å². The van der Waals surface area contributed by atoms with Crippen LogP contribution in [0.5, 0.6) is 0 Å². The van der Waals surface area contributed by atoms with E-state index in [1.54, 1.807) is 6.07 Å². The molecule has 0 aliphatic rings. The molecule has 2 rings (SSSR count). The lowest BCUT2D eigenvalue weighted by atomic mass is 10.1. The first-order valence-corrected chi connectivity index (χ1v) is 5.91. The first kappa shape index (κ1) is 11.8. The number of rotatable bonds is 3. The van der Waals surface area contributed by atoms with Crippen LogP contribution >= 0.6 is 11.6 Å². The SMILES string of the molecule is C[C@H](Nc1ccc(Cl)cc1N)c1ccccc1. The van der Waals surface area contributed by atoms with Crippen molar-refractivity contribution >= 4 is 23.0 Å². The van der Waals surface area contributed by atoms with Crippen molar-refractivity contribution in [2.24, 2.45) is 0 Å². The Morgan fingerprint density at radius 1 is 1.12 bits per heavy atom. The van der Waals surface area contributed by atoms with Crippen LogP contribution in [-0.2, 0) is 0 Å². The maximum absolute atomic E-state index is 5.90. The van der Waals surface area contributed by atoms with Crippen molar-refractivity contribution in [3.63, 3.8) is 0 Å². The minimum absolute atomic E-state index is 0.208. The van der Waals surface area contributed by atoms with E-state index in [1.807, 2.05) is 30.3 Å². The van der Waals surface area contributed by atoms with Gasteiger partial charge >= 0.3 is 0 Å². The van der Waals surface area contributed by atoms with Crippen molar-refractivity contribution in [1.29, 1.82) is 0 Å². The van der Waals surface area contributed by atoms with Crippen molar-refractivity contribution < 1.29 is 0 Å². The van der Waals surface area contributed by atoms with E-state index in [0.29, 0.717) is 10.7 Å². The Kier molecular flexibility index (Phi) is 3.55. The predicted molar refractivity (Wildman–Crippen MR) is 74.3 cm³/mol. The molecule has 0 aromatic heterocycles. The fraction of sp³-hybridized carbons (Fsp3) is 0.143. The van der Waals surface area contributed by atoms with Crippen molar-refractivity contribution in [3.05, 3.63) is 59.1 Å². The number of benzene rings is 2. The molecule has 0 saturated heterocycles. The van der Waals surface area contributed by atoms with Crippen molar-refractivity contribution in [2.45, 2.75) is 13.0 Å². The maximum Gasteiger partial charge on any atom is 0.0579 e. The predicted octanol–water partition coefficient (Wildman–Crippen LogP) is 4.10. The molecule has 3 N–H and O–H groups in total. The second kappa shape index (κ2) is 5.11. The van der Waals surface area contributed by atoms with Crippen molar-refractivity contribution in [2.75, 3.05) is 11.1 Å². The zero-order chi connectivity index (χ0) is 12.3. The molecule has 1 atom stereocenters. The molecule has 0 amide bonds. The van der Waals surface area contributed by atoms with Gasteiger partial charge in [-0.15, -0.1) is 0 Å². The molecule has 0 heterocycles. The topological polar surface area (TPSA) is 38.0 Å². The third kappa shape index (κ3) is 2.92. The third-order valence-corrected chi connectivity index (χ3v) is 2.92. The highest BCUT2D eigenvalue weighted by atomic mass is 35.5. The average molecular weight is 247 g/mol. The quantitative estimate of drug-likeness (QED) is 0.801. The number of hydrogen-bond donors (Lipinski definition) is 2. The summed E-state index contributed by atoms with van der Waals surface area (Å²) in [7, 11) is 0. The Morgan fingerprint density at radius 3 is 2.47 bits per heavy atom. The highest BCUT2D eigenvalue weighted by Gasteiger charge is 2.06. The van der Waals surface area contributed by atoms with E-state index in [2.05, 4.69) is 24.4 Å². The fourth-order valence-electron chi connectivity index (χ4n) is 1.72. The number of halogens is 1. The molecule has 17 heavy (non-hydrogen) atoms. The summed E-state index contributed by atoms with van der Waals surface area (Å²) < 4.78 is 0. The summed E-state index contributed by atoms with van der Waals surface area (Å²) >= 11 is 5.86. The smallest absolute Gasteiger partial charge is 0.0579 e. The van der Waals surface area contributed by atoms with Crippen LogP contribution in [0.4, 0.5) is 11.4 Å². The van der Waals surface area contributed by atoms with Gasteiger partial charge in [0, 0.05) is 11.1 Å². The van der Waals surface area contributed by atoms with Gasteiger partial charge in [-0.3, -0.25) is 0 Å². The van der Waals surface area contributed by atoms with Gasteiger partial charge in [-0.25, -0.2) is 0 Å². The van der Waals surface area contributed by atoms with Gasteiger partial charge in [-0.05, 0) is 30.7 Å². The Labute approximate surface area is 106 Å². The monoisotopic (exact) mass is 246 g/mol. The largest absolute Gasteiger partial charge is 0.397 e. The Bertz CT molecular complexity index is 497. The highest BCUT2D eigenvalue weighted by molar-refractivity contribution is 6.31. The molecule has 2 aromatic carbocycles. The molecule has 0 unspecified atom stereocenters. The molecule has 3 heteroatoms. The molecule has 0 spiro atoms. The van der Waals surface area contributed by atoms with Crippen molar-refractivity contribution in [3.8, 4) is 0 Å². The van der Waals surface area contributed by atoms with E-state index in [0.717, 1.165) is 5.69 Å². The van der Waals surface area contributed by atoms with Gasteiger partial charge in [-0.2, -0.15) is 0 Å². The summed E-state index contributed by atoms with van der Waals surface area (Å²) in [6.45, 7) is 2.10. The minimum atomic E-state index is 0.208. The zero-order valence-electron chi connectivity index (χ0n) is 9.65. The fourth-order valence-corrected chi connectivity index (χ4v) is 1.90. The second-order valence-electron chi connectivity index (χ2n) is 4.01. The minimum Gasteiger partial charge on any atom is -0.397 e. The van der Waals surface area contributed by atoms with Gasteiger partial charge in [0.1, 0.15) is 0 Å². The molecule has 0 aliphatic heterocycles.